The molecule has 158 valence electrons. The summed E-state index contributed by atoms with van der Waals surface area (Å²) < 4.78 is 0. The van der Waals surface area contributed by atoms with Gasteiger partial charge in [0.05, 0.1) is 32.4 Å². The molecule has 1 N–H and O–H groups in total. The molecule has 0 fully saturated rings. The Hall–Kier alpha value is -4.30. The fourth-order valence-electron chi connectivity index (χ4n) is 3.26. The summed E-state index contributed by atoms with van der Waals surface area (Å²) >= 11 is 6.27. The van der Waals surface area contributed by atoms with Crippen LogP contribution in [0.15, 0.2) is 72.8 Å². The third kappa shape index (κ3) is 3.99. The van der Waals surface area contributed by atoms with Crippen molar-refractivity contribution in [3.05, 3.63) is 105 Å². The first-order valence-corrected chi connectivity index (χ1v) is 9.74. The number of nitrogens with zero attached hydrogens (tertiary/aromatic N) is 2. The highest BCUT2D eigenvalue weighted by Crippen LogP contribution is 2.32. The van der Waals surface area contributed by atoms with Crippen molar-refractivity contribution in [1.82, 2.24) is 0 Å². The fraction of sp³-hybridized carbons (Fsp3) is 0. The Morgan fingerprint density at radius 3 is 2.28 bits per heavy atom. The third-order valence-corrected chi connectivity index (χ3v) is 5.08. The Morgan fingerprint density at radius 2 is 1.66 bits per heavy atom. The fourth-order valence-corrected chi connectivity index (χ4v) is 3.48. The lowest BCUT2D eigenvalue weighted by Gasteiger charge is -2.15. The molecule has 0 unspecified atom stereocenters. The van der Waals surface area contributed by atoms with Crippen LogP contribution in [-0.4, -0.2) is 22.6 Å². The highest BCUT2D eigenvalue weighted by molar-refractivity contribution is 6.36. The molecule has 0 spiro atoms. The average Bonchev–Trinajstić information content (AvgIpc) is 3.04. The van der Waals surface area contributed by atoms with Gasteiger partial charge in [-0.15, -0.1) is 0 Å². The van der Waals surface area contributed by atoms with Gasteiger partial charge in [-0.3, -0.25) is 24.5 Å². The summed E-state index contributed by atoms with van der Waals surface area (Å²) in [4.78, 5) is 48.8. The van der Waals surface area contributed by atoms with E-state index in [2.05, 4.69) is 5.32 Å². The number of non-ortho nitro benzene ring substituents is 1. The van der Waals surface area contributed by atoms with Gasteiger partial charge in [0.25, 0.3) is 17.5 Å². The predicted octanol–water partition coefficient (Wildman–Crippen LogP) is 4.70. The van der Waals surface area contributed by atoms with E-state index in [1.165, 1.54) is 48.6 Å². The van der Waals surface area contributed by atoms with E-state index >= 15 is 0 Å². The second-order valence-electron chi connectivity index (χ2n) is 6.83. The molecule has 32 heavy (non-hydrogen) atoms. The minimum atomic E-state index is -0.521. The highest BCUT2D eigenvalue weighted by Gasteiger charge is 2.36. The Morgan fingerprint density at radius 1 is 0.969 bits per heavy atom. The van der Waals surface area contributed by atoms with E-state index in [4.69, 9.17) is 11.6 Å². The molecular formula is C23H14ClN3O5. The van der Waals surface area contributed by atoms with Crippen molar-refractivity contribution in [3.63, 3.8) is 0 Å². The molecule has 0 atom stereocenters. The Balaban J connectivity index is 1.49. The molecule has 9 heteroatoms. The maximum atomic E-state index is 12.6. The topological polar surface area (TPSA) is 110 Å². The monoisotopic (exact) mass is 447 g/mol. The molecule has 3 aromatic rings. The summed E-state index contributed by atoms with van der Waals surface area (Å²) in [6, 6.07) is 16.8. The van der Waals surface area contributed by atoms with Crippen molar-refractivity contribution in [1.29, 1.82) is 0 Å². The average molecular weight is 448 g/mol. The predicted molar refractivity (Wildman–Crippen MR) is 120 cm³/mol. The number of hydrogen-bond donors (Lipinski definition) is 1. The van der Waals surface area contributed by atoms with Crippen molar-refractivity contribution in [2.45, 2.75) is 0 Å². The molecule has 0 saturated carbocycles. The number of anilines is 2. The third-order valence-electron chi connectivity index (χ3n) is 4.77. The van der Waals surface area contributed by atoms with Gasteiger partial charge >= 0.3 is 0 Å². The molecule has 0 saturated heterocycles. The molecule has 3 amide bonds. The number of halogens is 1. The summed E-state index contributed by atoms with van der Waals surface area (Å²) in [6.07, 6.45) is 2.65. The molecule has 0 radical (unpaired) electrons. The molecule has 3 aromatic carbocycles. The van der Waals surface area contributed by atoms with Gasteiger partial charge in [0.2, 0.25) is 5.91 Å². The Bertz CT molecular complexity index is 1280. The summed E-state index contributed by atoms with van der Waals surface area (Å²) in [6.45, 7) is 0. The van der Waals surface area contributed by atoms with Crippen LogP contribution in [0.2, 0.25) is 5.02 Å². The minimum Gasteiger partial charge on any atom is -0.321 e. The zero-order chi connectivity index (χ0) is 22.8. The van der Waals surface area contributed by atoms with Gasteiger partial charge in [0.1, 0.15) is 0 Å². The van der Waals surface area contributed by atoms with Gasteiger partial charge in [0.15, 0.2) is 0 Å². The first-order chi connectivity index (χ1) is 15.3. The van der Waals surface area contributed by atoms with E-state index in [0.29, 0.717) is 16.7 Å². The van der Waals surface area contributed by atoms with E-state index in [1.54, 1.807) is 30.3 Å². The highest BCUT2D eigenvalue weighted by atomic mass is 35.5. The summed E-state index contributed by atoms with van der Waals surface area (Å²) in [7, 11) is 0. The van der Waals surface area contributed by atoms with Gasteiger partial charge in [-0.1, -0.05) is 35.9 Å². The van der Waals surface area contributed by atoms with Crippen molar-refractivity contribution in [3.8, 4) is 0 Å². The molecule has 1 heterocycles. The van der Waals surface area contributed by atoms with Gasteiger partial charge in [-0.25, -0.2) is 4.90 Å². The second-order valence-corrected chi connectivity index (χ2v) is 7.24. The zero-order valence-corrected chi connectivity index (χ0v) is 17.1. The summed E-state index contributed by atoms with van der Waals surface area (Å²) in [5.74, 6) is -1.40. The number of rotatable bonds is 5. The van der Waals surface area contributed by atoms with Crippen LogP contribution in [0.5, 0.6) is 0 Å². The summed E-state index contributed by atoms with van der Waals surface area (Å²) in [5, 5.41) is 13.6. The first kappa shape index (κ1) is 21.0. The number of carbonyl (C=O) groups is 3. The van der Waals surface area contributed by atoms with E-state index < -0.39 is 22.6 Å². The van der Waals surface area contributed by atoms with Crippen LogP contribution in [0.25, 0.3) is 6.08 Å². The van der Waals surface area contributed by atoms with Crippen LogP contribution in [0.3, 0.4) is 0 Å². The van der Waals surface area contributed by atoms with Crippen molar-refractivity contribution < 1.29 is 19.3 Å². The van der Waals surface area contributed by atoms with Crippen molar-refractivity contribution >= 4 is 52.5 Å². The molecule has 4 rings (SSSR count). The van der Waals surface area contributed by atoms with Gasteiger partial charge < -0.3 is 5.32 Å². The number of nitro benzene ring substituents is 1. The number of imide groups is 1. The maximum Gasteiger partial charge on any atom is 0.270 e. The number of nitrogens with one attached hydrogen (secondary N) is 1. The van der Waals surface area contributed by atoms with E-state index in [9.17, 15) is 24.5 Å². The minimum absolute atomic E-state index is 0.0839. The largest absolute Gasteiger partial charge is 0.321 e. The smallest absolute Gasteiger partial charge is 0.270 e. The van der Waals surface area contributed by atoms with E-state index in [-0.39, 0.29) is 22.1 Å². The normalized spacial score (nSPS) is 12.8. The molecule has 1 aliphatic heterocycles. The summed E-state index contributed by atoms with van der Waals surface area (Å²) in [5.41, 5.74) is 1.60. The number of amides is 3. The molecule has 0 bridgehead atoms. The number of benzene rings is 3. The molecule has 8 nitrogen and oxygen atoms in total. The molecule has 1 aliphatic rings. The van der Waals surface area contributed by atoms with Crippen molar-refractivity contribution in [2.75, 3.05) is 10.2 Å². The van der Waals surface area contributed by atoms with Gasteiger partial charge in [-0.05, 0) is 42.0 Å². The van der Waals surface area contributed by atoms with Crippen LogP contribution >= 0.6 is 11.6 Å². The lowest BCUT2D eigenvalue weighted by atomic mass is 10.1. The first-order valence-electron chi connectivity index (χ1n) is 9.36. The van der Waals surface area contributed by atoms with Crippen LogP contribution in [0.1, 0.15) is 26.3 Å². The van der Waals surface area contributed by atoms with Crippen LogP contribution < -0.4 is 10.2 Å². The maximum absolute atomic E-state index is 12.6. The van der Waals surface area contributed by atoms with Crippen LogP contribution in [0, 0.1) is 10.1 Å². The Labute approximate surface area is 186 Å². The SMILES string of the molecule is O=C(/C=C/c1cccc([N+](=O)[O-])c1)Nc1ccc(N2C(=O)c3ccccc3C2=O)cc1Cl. The van der Waals surface area contributed by atoms with E-state index in [0.717, 1.165) is 4.90 Å². The Kier molecular flexibility index (Phi) is 5.53. The number of carbonyl (C=O) groups excluding carboxylic acids is 3. The lowest BCUT2D eigenvalue weighted by molar-refractivity contribution is -0.384. The molecule has 0 aromatic heterocycles. The second kappa shape index (κ2) is 8.44. The van der Waals surface area contributed by atoms with Crippen LogP contribution in [0.4, 0.5) is 17.1 Å². The standard InChI is InChI=1S/C23H14ClN3O5/c24-19-13-15(26-22(29)17-6-1-2-7-18(17)23(26)30)9-10-20(19)25-21(28)11-8-14-4-3-5-16(12-14)27(31)32/h1-13H,(H,25,28)/b11-8+. The quantitative estimate of drug-likeness (QED) is 0.264. The van der Waals surface area contributed by atoms with Gasteiger partial charge in [-0.2, -0.15) is 0 Å². The number of nitro groups is 1. The lowest BCUT2D eigenvalue weighted by Crippen LogP contribution is -2.29. The van der Waals surface area contributed by atoms with E-state index in [1.807, 2.05) is 0 Å². The molecular weight excluding hydrogens is 434 g/mol. The van der Waals surface area contributed by atoms with Crippen LogP contribution in [-0.2, 0) is 4.79 Å². The number of hydrogen-bond acceptors (Lipinski definition) is 5. The van der Waals surface area contributed by atoms with Crippen molar-refractivity contribution in [2.24, 2.45) is 0 Å². The zero-order valence-electron chi connectivity index (χ0n) is 16.3. The molecule has 0 aliphatic carbocycles. The van der Waals surface area contributed by atoms with Gasteiger partial charge in [0, 0.05) is 18.2 Å². The number of fused-ring (bicyclic) bond motifs is 1.